The van der Waals surface area contributed by atoms with E-state index in [-0.39, 0.29) is 17.7 Å². The van der Waals surface area contributed by atoms with E-state index in [4.69, 9.17) is 11.6 Å². The van der Waals surface area contributed by atoms with Crippen molar-refractivity contribution in [2.75, 3.05) is 11.6 Å². The molecule has 3 nitrogen and oxygen atoms in total. The van der Waals surface area contributed by atoms with Crippen LogP contribution in [0, 0.1) is 17.8 Å². The first kappa shape index (κ1) is 15.3. The minimum absolute atomic E-state index is 0.0181. The molecule has 0 heterocycles. The highest BCUT2D eigenvalue weighted by Crippen LogP contribution is 2.33. The van der Waals surface area contributed by atoms with E-state index < -0.39 is 10.0 Å². The molecule has 0 aromatic heterocycles. The number of sulfonamides is 1. The Morgan fingerprint density at radius 1 is 1.35 bits per heavy atom. The van der Waals surface area contributed by atoms with E-state index >= 15 is 0 Å². The lowest BCUT2D eigenvalue weighted by molar-refractivity contribution is 0.188. The molecule has 5 heteroatoms. The predicted molar refractivity (Wildman–Crippen MR) is 72.8 cm³/mol. The normalized spacial score (nSPS) is 30.8. The topological polar surface area (TPSA) is 46.2 Å². The Labute approximate surface area is 110 Å². The second-order valence-electron chi connectivity index (χ2n) is 5.56. The van der Waals surface area contributed by atoms with Gasteiger partial charge in [-0.25, -0.2) is 13.1 Å². The number of halogens is 1. The summed E-state index contributed by atoms with van der Waals surface area (Å²) in [6, 6.07) is 0.0898. The van der Waals surface area contributed by atoms with E-state index in [9.17, 15) is 8.42 Å². The molecular formula is C12H24ClNO2S. The number of rotatable bonds is 5. The van der Waals surface area contributed by atoms with Crippen molar-refractivity contribution < 1.29 is 8.42 Å². The third-order valence-electron chi connectivity index (χ3n) is 3.70. The molecule has 1 N–H and O–H groups in total. The van der Waals surface area contributed by atoms with Crippen molar-refractivity contribution in [1.82, 2.24) is 4.72 Å². The van der Waals surface area contributed by atoms with Gasteiger partial charge in [-0.2, -0.15) is 0 Å². The summed E-state index contributed by atoms with van der Waals surface area (Å²) in [4.78, 5) is 0. The van der Waals surface area contributed by atoms with Gasteiger partial charge in [0, 0.05) is 11.9 Å². The number of alkyl halides is 1. The van der Waals surface area contributed by atoms with Crippen molar-refractivity contribution in [2.24, 2.45) is 17.8 Å². The molecule has 1 saturated carbocycles. The van der Waals surface area contributed by atoms with Crippen molar-refractivity contribution in [2.45, 2.75) is 46.1 Å². The fraction of sp³-hybridized carbons (Fsp3) is 1.00. The van der Waals surface area contributed by atoms with Gasteiger partial charge in [0.1, 0.15) is 0 Å². The van der Waals surface area contributed by atoms with Gasteiger partial charge in [0.2, 0.25) is 10.0 Å². The molecule has 0 bridgehead atoms. The van der Waals surface area contributed by atoms with Crippen molar-refractivity contribution in [3.05, 3.63) is 0 Å². The fourth-order valence-electron chi connectivity index (χ4n) is 2.73. The molecule has 1 aliphatic carbocycles. The summed E-state index contributed by atoms with van der Waals surface area (Å²) in [6.45, 7) is 6.53. The minimum Gasteiger partial charge on any atom is -0.212 e. The molecule has 0 amide bonds. The largest absolute Gasteiger partial charge is 0.213 e. The lowest BCUT2D eigenvalue weighted by atomic mass is 9.74. The summed E-state index contributed by atoms with van der Waals surface area (Å²) >= 11 is 5.51. The molecule has 102 valence electrons. The van der Waals surface area contributed by atoms with E-state index in [0.717, 1.165) is 12.8 Å². The molecule has 0 aromatic rings. The zero-order chi connectivity index (χ0) is 13.1. The van der Waals surface area contributed by atoms with E-state index in [1.54, 1.807) is 0 Å². The summed E-state index contributed by atoms with van der Waals surface area (Å²) in [5.74, 6) is 1.75. The van der Waals surface area contributed by atoms with Gasteiger partial charge in [0.15, 0.2) is 0 Å². The maximum Gasteiger partial charge on any atom is 0.213 e. The third kappa shape index (κ3) is 4.76. The number of hydrogen-bond acceptors (Lipinski definition) is 2. The Morgan fingerprint density at radius 3 is 2.53 bits per heavy atom. The van der Waals surface area contributed by atoms with E-state index in [2.05, 4.69) is 25.5 Å². The molecule has 1 aliphatic rings. The molecule has 1 fully saturated rings. The molecular weight excluding hydrogens is 258 g/mol. The van der Waals surface area contributed by atoms with Crippen molar-refractivity contribution >= 4 is 21.6 Å². The SMILES string of the molecule is CC1CCC(C(C)C)C(NS(=O)(=O)CCCl)C1. The van der Waals surface area contributed by atoms with E-state index in [0.29, 0.717) is 17.8 Å². The van der Waals surface area contributed by atoms with Crippen LogP contribution in [0.15, 0.2) is 0 Å². The molecule has 0 aliphatic heterocycles. The van der Waals surface area contributed by atoms with Crippen molar-refractivity contribution in [1.29, 1.82) is 0 Å². The Kier molecular flexibility index (Phi) is 5.74. The predicted octanol–water partition coefficient (Wildman–Crippen LogP) is 2.61. The molecule has 0 saturated heterocycles. The summed E-state index contributed by atoms with van der Waals surface area (Å²) in [7, 11) is -3.20. The van der Waals surface area contributed by atoms with Gasteiger partial charge in [-0.1, -0.05) is 27.2 Å². The smallest absolute Gasteiger partial charge is 0.212 e. The van der Waals surface area contributed by atoms with Crippen LogP contribution in [0.25, 0.3) is 0 Å². The first-order valence-corrected chi connectivity index (χ1v) is 8.60. The van der Waals surface area contributed by atoms with Gasteiger partial charge in [0.25, 0.3) is 0 Å². The minimum atomic E-state index is -3.20. The highest BCUT2D eigenvalue weighted by atomic mass is 35.5. The molecule has 0 radical (unpaired) electrons. The summed E-state index contributed by atoms with van der Waals surface area (Å²) in [5, 5.41) is 0. The summed E-state index contributed by atoms with van der Waals surface area (Å²) in [5.41, 5.74) is 0. The Bertz CT molecular complexity index is 329. The van der Waals surface area contributed by atoms with Gasteiger partial charge >= 0.3 is 0 Å². The first-order valence-electron chi connectivity index (χ1n) is 6.41. The van der Waals surface area contributed by atoms with Gasteiger partial charge in [0.05, 0.1) is 5.75 Å². The van der Waals surface area contributed by atoms with Gasteiger partial charge in [-0.15, -0.1) is 11.6 Å². The maximum absolute atomic E-state index is 11.8. The third-order valence-corrected chi connectivity index (χ3v) is 5.52. The molecule has 3 atom stereocenters. The highest BCUT2D eigenvalue weighted by molar-refractivity contribution is 7.89. The first-order chi connectivity index (χ1) is 7.85. The average Bonchev–Trinajstić information content (AvgIpc) is 2.15. The standard InChI is InChI=1S/C12H24ClNO2S/c1-9(2)11-5-4-10(3)8-12(11)14-17(15,16)7-6-13/h9-12,14H,4-8H2,1-3H3. The molecule has 17 heavy (non-hydrogen) atoms. The van der Waals surface area contributed by atoms with Gasteiger partial charge in [-0.05, 0) is 30.6 Å². The van der Waals surface area contributed by atoms with Crippen LogP contribution in [0.3, 0.4) is 0 Å². The Morgan fingerprint density at radius 2 is 2.00 bits per heavy atom. The van der Waals surface area contributed by atoms with E-state index in [1.165, 1.54) is 6.42 Å². The van der Waals surface area contributed by atoms with Crippen LogP contribution < -0.4 is 4.72 Å². The van der Waals surface area contributed by atoms with Crippen LogP contribution in [0.4, 0.5) is 0 Å². The molecule has 1 rings (SSSR count). The van der Waals surface area contributed by atoms with Crippen molar-refractivity contribution in [3.63, 3.8) is 0 Å². The maximum atomic E-state index is 11.8. The second-order valence-corrected chi connectivity index (χ2v) is 7.81. The van der Waals surface area contributed by atoms with Crippen LogP contribution in [0.1, 0.15) is 40.0 Å². The average molecular weight is 282 g/mol. The molecule has 0 spiro atoms. The summed E-state index contributed by atoms with van der Waals surface area (Å²) < 4.78 is 26.4. The van der Waals surface area contributed by atoms with Crippen molar-refractivity contribution in [3.8, 4) is 0 Å². The quantitative estimate of drug-likeness (QED) is 0.788. The fourth-order valence-corrected chi connectivity index (χ4v) is 4.39. The number of nitrogens with one attached hydrogen (secondary N) is 1. The zero-order valence-electron chi connectivity index (χ0n) is 10.9. The molecule has 0 aromatic carbocycles. The van der Waals surface area contributed by atoms with Gasteiger partial charge in [-0.3, -0.25) is 0 Å². The molecule has 3 unspecified atom stereocenters. The van der Waals surface area contributed by atoms with Crippen LogP contribution in [0.2, 0.25) is 0 Å². The van der Waals surface area contributed by atoms with Crippen LogP contribution >= 0.6 is 11.6 Å². The van der Waals surface area contributed by atoms with Crippen LogP contribution in [0.5, 0.6) is 0 Å². The second kappa shape index (κ2) is 6.39. The monoisotopic (exact) mass is 281 g/mol. The Balaban J connectivity index is 2.70. The van der Waals surface area contributed by atoms with E-state index in [1.807, 2.05) is 0 Å². The zero-order valence-corrected chi connectivity index (χ0v) is 12.5. The van der Waals surface area contributed by atoms with Crippen LogP contribution in [-0.4, -0.2) is 26.1 Å². The van der Waals surface area contributed by atoms with Gasteiger partial charge < -0.3 is 0 Å². The summed E-state index contributed by atoms with van der Waals surface area (Å²) in [6.07, 6.45) is 3.27. The highest BCUT2D eigenvalue weighted by Gasteiger charge is 2.32. The lowest BCUT2D eigenvalue weighted by Crippen LogP contribution is -2.46. The Hall–Kier alpha value is 0.200. The number of hydrogen-bond donors (Lipinski definition) is 1. The lowest BCUT2D eigenvalue weighted by Gasteiger charge is -2.37. The van der Waals surface area contributed by atoms with Crippen LogP contribution in [-0.2, 0) is 10.0 Å².